The number of aliphatic carboxylic acids is 1. The first kappa shape index (κ1) is 15.2. The highest BCUT2D eigenvalue weighted by Gasteiger charge is 2.31. The number of aromatic nitrogens is 1. The minimum Gasteiger partial charge on any atom is -0.478 e. The number of carboxylic acid groups (broad SMARTS) is 1. The smallest absolute Gasteiger partial charge is 0.328 e. The van der Waals surface area contributed by atoms with E-state index in [1.165, 1.54) is 12.3 Å². The number of nitrogens with one attached hydrogen (secondary N) is 1. The molecule has 1 unspecified atom stereocenters. The molecule has 2 N–H and O–H groups in total. The molecule has 1 fully saturated rings. The van der Waals surface area contributed by atoms with Gasteiger partial charge in [-0.05, 0) is 42.4 Å². The molecule has 1 heterocycles. The number of pyridine rings is 1. The molecule has 0 saturated heterocycles. The van der Waals surface area contributed by atoms with Crippen LogP contribution in [-0.2, 0) is 4.79 Å². The molecule has 1 atom stereocenters. The van der Waals surface area contributed by atoms with Gasteiger partial charge in [0.1, 0.15) is 5.69 Å². The second-order valence-corrected chi connectivity index (χ2v) is 6.23. The molecule has 1 amide bonds. The molecule has 0 radical (unpaired) electrons. The Labute approximate surface area is 124 Å². The lowest BCUT2D eigenvalue weighted by Crippen LogP contribution is -2.34. The molecule has 1 aliphatic carbocycles. The van der Waals surface area contributed by atoms with E-state index in [1.807, 2.05) is 0 Å². The van der Waals surface area contributed by atoms with Gasteiger partial charge in [0.25, 0.3) is 5.91 Å². The fourth-order valence-corrected chi connectivity index (χ4v) is 2.62. The normalized spacial score (nSPS) is 20.6. The molecule has 0 bridgehead atoms. The Balaban J connectivity index is 1.96. The molecule has 2 rings (SSSR count). The lowest BCUT2D eigenvalue weighted by atomic mass is 9.92. The average Bonchev–Trinajstić information content (AvgIpc) is 2.76. The largest absolute Gasteiger partial charge is 0.478 e. The molecule has 0 aliphatic heterocycles. The van der Waals surface area contributed by atoms with Crippen LogP contribution < -0.4 is 5.32 Å². The minimum absolute atomic E-state index is 0.175. The van der Waals surface area contributed by atoms with Crippen molar-refractivity contribution in [3.63, 3.8) is 0 Å². The molecule has 0 aromatic carbocycles. The third-order valence-electron chi connectivity index (χ3n) is 3.74. The second-order valence-electron chi connectivity index (χ2n) is 6.23. The molecule has 21 heavy (non-hydrogen) atoms. The summed E-state index contributed by atoms with van der Waals surface area (Å²) in [6.45, 7) is 4.42. The maximum absolute atomic E-state index is 12.1. The predicted molar refractivity (Wildman–Crippen MR) is 79.8 cm³/mol. The van der Waals surface area contributed by atoms with Crippen molar-refractivity contribution in [3.05, 3.63) is 35.7 Å². The van der Waals surface area contributed by atoms with Crippen LogP contribution in [0.3, 0.4) is 0 Å². The Kier molecular flexibility index (Phi) is 4.40. The standard InChI is InChI=1S/C16H20N2O3/c1-16(2)8-7-12(9-16)18-15(21)13-5-3-11(10-17-13)4-6-14(19)20/h3-6,10,12H,7-9H2,1-2H3,(H,18,21)(H,19,20)/b6-4+. The van der Waals surface area contributed by atoms with E-state index in [1.54, 1.807) is 12.1 Å². The third kappa shape index (κ3) is 4.41. The molecular formula is C16H20N2O3. The number of carbonyl (C=O) groups excluding carboxylic acids is 1. The van der Waals surface area contributed by atoms with Gasteiger partial charge in [-0.2, -0.15) is 0 Å². The van der Waals surface area contributed by atoms with Crippen LogP contribution in [-0.4, -0.2) is 28.0 Å². The average molecular weight is 288 g/mol. The minimum atomic E-state index is -1.01. The van der Waals surface area contributed by atoms with Crippen LogP contribution in [0.4, 0.5) is 0 Å². The van der Waals surface area contributed by atoms with Crippen LogP contribution in [0.5, 0.6) is 0 Å². The van der Waals surface area contributed by atoms with Crippen molar-refractivity contribution in [2.45, 2.75) is 39.2 Å². The first-order valence-corrected chi connectivity index (χ1v) is 7.04. The van der Waals surface area contributed by atoms with E-state index >= 15 is 0 Å². The van der Waals surface area contributed by atoms with Gasteiger partial charge in [-0.25, -0.2) is 4.79 Å². The van der Waals surface area contributed by atoms with E-state index in [9.17, 15) is 9.59 Å². The quantitative estimate of drug-likeness (QED) is 0.834. The van der Waals surface area contributed by atoms with Crippen LogP contribution >= 0.6 is 0 Å². The summed E-state index contributed by atoms with van der Waals surface area (Å²) in [4.78, 5) is 26.6. The zero-order valence-corrected chi connectivity index (χ0v) is 12.3. The van der Waals surface area contributed by atoms with Crippen molar-refractivity contribution in [2.75, 3.05) is 0 Å². The van der Waals surface area contributed by atoms with Gasteiger partial charge in [0.2, 0.25) is 0 Å². The van der Waals surface area contributed by atoms with E-state index < -0.39 is 5.97 Å². The van der Waals surface area contributed by atoms with E-state index in [-0.39, 0.29) is 17.4 Å². The second kappa shape index (κ2) is 6.08. The van der Waals surface area contributed by atoms with E-state index in [0.29, 0.717) is 11.3 Å². The molecule has 5 nitrogen and oxygen atoms in total. The highest BCUT2D eigenvalue weighted by Crippen LogP contribution is 2.36. The SMILES string of the molecule is CC1(C)CCC(NC(=O)c2ccc(/C=C/C(=O)O)cn2)C1. The maximum atomic E-state index is 12.1. The van der Waals surface area contributed by atoms with Gasteiger partial charge >= 0.3 is 5.97 Å². The maximum Gasteiger partial charge on any atom is 0.328 e. The van der Waals surface area contributed by atoms with Crippen LogP contribution in [0.15, 0.2) is 24.4 Å². The van der Waals surface area contributed by atoms with Crippen molar-refractivity contribution in [1.29, 1.82) is 0 Å². The summed E-state index contributed by atoms with van der Waals surface area (Å²) in [6.07, 6.45) is 7.07. The summed E-state index contributed by atoms with van der Waals surface area (Å²) in [5, 5.41) is 11.6. The molecule has 112 valence electrons. The lowest BCUT2D eigenvalue weighted by Gasteiger charge is -2.17. The molecular weight excluding hydrogens is 268 g/mol. The summed E-state index contributed by atoms with van der Waals surface area (Å²) in [5.41, 5.74) is 1.29. The number of carboxylic acids is 1. The van der Waals surface area contributed by atoms with Gasteiger partial charge in [0.05, 0.1) is 0 Å². The molecule has 1 aromatic heterocycles. The predicted octanol–water partition coefficient (Wildman–Crippen LogP) is 2.49. The first-order chi connectivity index (χ1) is 9.85. The Morgan fingerprint density at radius 2 is 2.19 bits per heavy atom. The van der Waals surface area contributed by atoms with Crippen LogP contribution in [0.25, 0.3) is 6.08 Å². The fraction of sp³-hybridized carbons (Fsp3) is 0.438. The Morgan fingerprint density at radius 3 is 2.71 bits per heavy atom. The van der Waals surface area contributed by atoms with Crippen molar-refractivity contribution in [1.82, 2.24) is 10.3 Å². The summed E-state index contributed by atoms with van der Waals surface area (Å²) >= 11 is 0. The number of hydrogen-bond acceptors (Lipinski definition) is 3. The highest BCUT2D eigenvalue weighted by atomic mass is 16.4. The Bertz CT molecular complexity index is 561. The zero-order chi connectivity index (χ0) is 15.5. The summed E-state index contributed by atoms with van der Waals surface area (Å²) in [7, 11) is 0. The number of carbonyl (C=O) groups is 2. The highest BCUT2D eigenvalue weighted by molar-refractivity contribution is 5.92. The topological polar surface area (TPSA) is 79.3 Å². The van der Waals surface area contributed by atoms with Gasteiger partial charge in [0.15, 0.2) is 0 Å². The third-order valence-corrected chi connectivity index (χ3v) is 3.74. The monoisotopic (exact) mass is 288 g/mol. The fourth-order valence-electron chi connectivity index (χ4n) is 2.62. The number of amides is 1. The zero-order valence-electron chi connectivity index (χ0n) is 12.3. The van der Waals surface area contributed by atoms with Gasteiger partial charge < -0.3 is 10.4 Å². The summed E-state index contributed by atoms with van der Waals surface area (Å²) in [6, 6.07) is 3.50. The van der Waals surface area contributed by atoms with Crippen LogP contribution in [0, 0.1) is 5.41 Å². The van der Waals surface area contributed by atoms with Gasteiger partial charge in [-0.1, -0.05) is 19.9 Å². The van der Waals surface area contributed by atoms with Crippen molar-refractivity contribution in [2.24, 2.45) is 5.41 Å². The van der Waals surface area contributed by atoms with Gasteiger partial charge in [-0.15, -0.1) is 0 Å². The van der Waals surface area contributed by atoms with Gasteiger partial charge in [-0.3, -0.25) is 9.78 Å². The van der Waals surface area contributed by atoms with Crippen molar-refractivity contribution >= 4 is 18.0 Å². The van der Waals surface area contributed by atoms with E-state index in [2.05, 4.69) is 24.1 Å². The molecule has 0 spiro atoms. The Hall–Kier alpha value is -2.17. The number of hydrogen-bond donors (Lipinski definition) is 2. The van der Waals surface area contributed by atoms with Crippen molar-refractivity contribution < 1.29 is 14.7 Å². The van der Waals surface area contributed by atoms with E-state index in [0.717, 1.165) is 25.3 Å². The van der Waals surface area contributed by atoms with E-state index in [4.69, 9.17) is 5.11 Å². The molecule has 1 aromatic rings. The summed E-state index contributed by atoms with van der Waals surface area (Å²) in [5.74, 6) is -1.19. The first-order valence-electron chi connectivity index (χ1n) is 7.04. The molecule has 5 heteroatoms. The van der Waals surface area contributed by atoms with Crippen LogP contribution in [0.2, 0.25) is 0 Å². The number of rotatable bonds is 4. The Morgan fingerprint density at radius 1 is 1.43 bits per heavy atom. The van der Waals surface area contributed by atoms with Crippen LogP contribution in [0.1, 0.15) is 49.2 Å². The molecule has 1 saturated carbocycles. The summed E-state index contributed by atoms with van der Waals surface area (Å²) < 4.78 is 0. The van der Waals surface area contributed by atoms with Gasteiger partial charge in [0, 0.05) is 18.3 Å². The molecule has 1 aliphatic rings. The number of nitrogens with zero attached hydrogens (tertiary/aromatic N) is 1. The lowest BCUT2D eigenvalue weighted by molar-refractivity contribution is -0.131. The van der Waals surface area contributed by atoms with Crippen molar-refractivity contribution in [3.8, 4) is 0 Å².